The van der Waals surface area contributed by atoms with E-state index in [1.54, 1.807) is 0 Å². The van der Waals surface area contributed by atoms with Crippen LogP contribution in [0.15, 0.2) is 0 Å². The predicted molar refractivity (Wildman–Crippen MR) is 82.0 cm³/mol. The summed E-state index contributed by atoms with van der Waals surface area (Å²) < 4.78 is 0.121. The van der Waals surface area contributed by atoms with Gasteiger partial charge in [0.25, 0.3) is 0 Å². The number of thiol groups is 3. The molecule has 0 nitrogen and oxygen atoms in total. The highest BCUT2D eigenvalue weighted by molar-refractivity contribution is 7.85. The Morgan fingerprint density at radius 2 is 1.47 bits per heavy atom. The van der Waals surface area contributed by atoms with E-state index in [1.165, 1.54) is 44.9 Å². The lowest BCUT2D eigenvalue weighted by molar-refractivity contribution is 0.519. The molecule has 0 heterocycles. The van der Waals surface area contributed by atoms with Crippen molar-refractivity contribution in [3.8, 4) is 0 Å². The molecule has 0 fully saturated rings. The number of rotatable bonds is 10. The second kappa shape index (κ2) is 10.2. The molecule has 0 aliphatic rings. The van der Waals surface area contributed by atoms with Gasteiger partial charge in [-0.25, -0.2) is 0 Å². The molecular weight excluding hydrogens is 240 g/mol. The third-order valence-corrected chi connectivity index (χ3v) is 4.55. The Bertz CT molecular complexity index is 139. The van der Waals surface area contributed by atoms with Crippen molar-refractivity contribution in [2.75, 3.05) is 11.5 Å². The van der Waals surface area contributed by atoms with Gasteiger partial charge in [0, 0.05) is 10.5 Å². The maximum absolute atomic E-state index is 4.72. The van der Waals surface area contributed by atoms with E-state index in [4.69, 9.17) is 12.6 Å². The molecule has 0 rings (SSSR count). The molecule has 0 aliphatic carbocycles. The zero-order valence-electron chi connectivity index (χ0n) is 9.91. The van der Waals surface area contributed by atoms with Crippen molar-refractivity contribution >= 4 is 37.9 Å². The van der Waals surface area contributed by atoms with Gasteiger partial charge in [0.05, 0.1) is 0 Å². The molecule has 0 aromatic carbocycles. The van der Waals surface area contributed by atoms with Crippen LogP contribution in [0.3, 0.4) is 0 Å². The van der Waals surface area contributed by atoms with Crippen molar-refractivity contribution in [1.29, 1.82) is 0 Å². The molecule has 1 atom stereocenters. The zero-order valence-corrected chi connectivity index (χ0v) is 12.6. The van der Waals surface area contributed by atoms with E-state index in [0.29, 0.717) is 0 Å². The molecule has 0 spiro atoms. The third-order valence-electron chi connectivity index (χ3n) is 2.87. The summed E-state index contributed by atoms with van der Waals surface area (Å²) in [5, 5.41) is 0. The van der Waals surface area contributed by atoms with Gasteiger partial charge in [-0.05, 0) is 18.6 Å². The smallest absolute Gasteiger partial charge is 0.0225 e. The summed E-state index contributed by atoms with van der Waals surface area (Å²) in [7, 11) is 0. The van der Waals surface area contributed by atoms with Gasteiger partial charge in [-0.2, -0.15) is 37.9 Å². The number of unbranched alkanes of at least 4 members (excludes halogenated alkanes) is 5. The largest absolute Gasteiger partial charge is 0.179 e. The van der Waals surface area contributed by atoms with Gasteiger partial charge < -0.3 is 0 Å². The molecule has 0 radical (unpaired) electrons. The molecule has 0 aliphatic heterocycles. The second-order valence-corrected chi connectivity index (χ2v) is 6.09. The molecular formula is C12H26S3. The number of hydrogen-bond acceptors (Lipinski definition) is 3. The lowest BCUT2D eigenvalue weighted by Crippen LogP contribution is -2.24. The zero-order chi connectivity index (χ0) is 11.6. The molecule has 0 saturated heterocycles. The fourth-order valence-corrected chi connectivity index (χ4v) is 2.92. The molecule has 0 aromatic rings. The first-order valence-electron chi connectivity index (χ1n) is 6.12. The Hall–Kier alpha value is 1.05. The summed E-state index contributed by atoms with van der Waals surface area (Å²) >= 11 is 13.4. The van der Waals surface area contributed by atoms with Crippen LogP contribution in [0.25, 0.3) is 0 Å². The Labute approximate surface area is 112 Å². The molecule has 0 aromatic heterocycles. The molecule has 0 saturated carbocycles. The predicted octanol–water partition coefficient (Wildman–Crippen LogP) is 4.66. The first-order chi connectivity index (χ1) is 7.18. The van der Waals surface area contributed by atoms with E-state index >= 15 is 0 Å². The van der Waals surface area contributed by atoms with Gasteiger partial charge in [0.2, 0.25) is 0 Å². The van der Waals surface area contributed by atoms with Crippen LogP contribution in [0, 0.1) is 0 Å². The van der Waals surface area contributed by atoms with E-state index in [9.17, 15) is 0 Å². The van der Waals surface area contributed by atoms with Crippen LogP contribution in [0.2, 0.25) is 0 Å². The van der Waals surface area contributed by atoms with E-state index in [-0.39, 0.29) is 4.75 Å². The van der Waals surface area contributed by atoms with Crippen molar-refractivity contribution in [2.45, 2.75) is 63.0 Å². The summed E-state index contributed by atoms with van der Waals surface area (Å²) in [6.07, 6.45) is 10.4. The minimum atomic E-state index is 0.121. The van der Waals surface area contributed by atoms with Gasteiger partial charge in [0.1, 0.15) is 0 Å². The maximum atomic E-state index is 4.72. The van der Waals surface area contributed by atoms with Gasteiger partial charge in [-0.1, -0.05) is 45.4 Å². The fourth-order valence-electron chi connectivity index (χ4n) is 1.73. The monoisotopic (exact) mass is 266 g/mol. The highest BCUT2D eigenvalue weighted by Gasteiger charge is 2.21. The minimum absolute atomic E-state index is 0.121. The second-order valence-electron chi connectivity index (χ2n) is 4.37. The van der Waals surface area contributed by atoms with E-state index in [0.717, 1.165) is 17.9 Å². The summed E-state index contributed by atoms with van der Waals surface area (Å²) in [6, 6.07) is 0. The van der Waals surface area contributed by atoms with Gasteiger partial charge in [0.15, 0.2) is 0 Å². The molecule has 0 amide bonds. The lowest BCUT2D eigenvalue weighted by Gasteiger charge is -2.25. The Morgan fingerprint density at radius 3 is 2.00 bits per heavy atom. The Kier molecular flexibility index (Phi) is 10.9. The molecule has 0 N–H and O–H groups in total. The van der Waals surface area contributed by atoms with Gasteiger partial charge >= 0.3 is 0 Å². The Balaban J connectivity index is 3.46. The van der Waals surface area contributed by atoms with Crippen LogP contribution >= 0.6 is 37.9 Å². The van der Waals surface area contributed by atoms with E-state index in [2.05, 4.69) is 32.2 Å². The van der Waals surface area contributed by atoms with E-state index < -0.39 is 0 Å². The maximum Gasteiger partial charge on any atom is 0.0225 e. The summed E-state index contributed by atoms with van der Waals surface area (Å²) in [4.78, 5) is 0. The first kappa shape index (κ1) is 16.1. The van der Waals surface area contributed by atoms with Gasteiger partial charge in [-0.15, -0.1) is 0 Å². The molecule has 1 unspecified atom stereocenters. The van der Waals surface area contributed by atoms with Crippen LogP contribution in [0.4, 0.5) is 0 Å². The third kappa shape index (κ3) is 8.82. The summed E-state index contributed by atoms with van der Waals surface area (Å²) in [5.41, 5.74) is 0. The highest BCUT2D eigenvalue weighted by atomic mass is 32.1. The fraction of sp³-hybridized carbons (Fsp3) is 1.00. The standard InChI is InChI=1S/C12H26S3/c1-2-3-4-5-6-7-8-12(15,11-14)9-10-13/h13-15H,2-11H2,1H3. The molecule has 92 valence electrons. The quantitative estimate of drug-likeness (QED) is 0.372. The minimum Gasteiger partial charge on any atom is -0.179 e. The van der Waals surface area contributed by atoms with Gasteiger partial charge in [-0.3, -0.25) is 0 Å². The van der Waals surface area contributed by atoms with Crippen molar-refractivity contribution in [3.63, 3.8) is 0 Å². The Morgan fingerprint density at radius 1 is 0.867 bits per heavy atom. The lowest BCUT2D eigenvalue weighted by atomic mass is 9.98. The SMILES string of the molecule is CCCCCCCCC(S)(CS)CCS. The van der Waals surface area contributed by atoms with Crippen molar-refractivity contribution in [1.82, 2.24) is 0 Å². The van der Waals surface area contributed by atoms with Crippen LogP contribution in [0.1, 0.15) is 58.3 Å². The topological polar surface area (TPSA) is 0 Å². The average molecular weight is 267 g/mol. The molecule has 3 heteroatoms. The van der Waals surface area contributed by atoms with Crippen molar-refractivity contribution in [2.24, 2.45) is 0 Å². The highest BCUT2D eigenvalue weighted by Crippen LogP contribution is 2.28. The van der Waals surface area contributed by atoms with Crippen molar-refractivity contribution < 1.29 is 0 Å². The van der Waals surface area contributed by atoms with Crippen LogP contribution in [0.5, 0.6) is 0 Å². The van der Waals surface area contributed by atoms with E-state index in [1.807, 2.05) is 0 Å². The molecule has 15 heavy (non-hydrogen) atoms. The van der Waals surface area contributed by atoms with Crippen LogP contribution < -0.4 is 0 Å². The number of hydrogen-bond donors (Lipinski definition) is 3. The first-order valence-corrected chi connectivity index (χ1v) is 7.84. The van der Waals surface area contributed by atoms with Crippen LogP contribution in [-0.2, 0) is 0 Å². The summed E-state index contributed by atoms with van der Waals surface area (Å²) in [6.45, 7) is 2.26. The summed E-state index contributed by atoms with van der Waals surface area (Å²) in [5.74, 6) is 1.78. The van der Waals surface area contributed by atoms with Crippen LogP contribution in [-0.4, -0.2) is 16.3 Å². The molecule has 0 bridgehead atoms. The normalized spacial score (nSPS) is 15.2. The van der Waals surface area contributed by atoms with Crippen molar-refractivity contribution in [3.05, 3.63) is 0 Å². The average Bonchev–Trinajstić information content (AvgIpc) is 2.24.